The number of nitrogens with one attached hydrogen (secondary N) is 1. The van der Waals surface area contributed by atoms with E-state index in [1.807, 2.05) is 26.0 Å². The van der Waals surface area contributed by atoms with Gasteiger partial charge in [-0.15, -0.1) is 0 Å². The molecule has 0 aliphatic carbocycles. The van der Waals surface area contributed by atoms with Gasteiger partial charge in [0.05, 0.1) is 30.6 Å². The number of rotatable bonds is 6. The van der Waals surface area contributed by atoms with Crippen LogP contribution in [0.5, 0.6) is 0 Å². The van der Waals surface area contributed by atoms with Gasteiger partial charge in [0.2, 0.25) is 0 Å². The van der Waals surface area contributed by atoms with E-state index in [2.05, 4.69) is 5.32 Å². The second-order valence-electron chi connectivity index (χ2n) is 6.61. The molecule has 2 unspecified atom stereocenters. The molecule has 2 aromatic rings. The van der Waals surface area contributed by atoms with E-state index in [0.29, 0.717) is 30.9 Å². The lowest BCUT2D eigenvalue weighted by molar-refractivity contribution is -0.146. The number of benzene rings is 1. The first kappa shape index (κ1) is 19.0. The van der Waals surface area contributed by atoms with Gasteiger partial charge in [0.15, 0.2) is 6.61 Å². The van der Waals surface area contributed by atoms with Crippen molar-refractivity contribution in [2.45, 2.75) is 32.6 Å². The van der Waals surface area contributed by atoms with Crippen LogP contribution in [0.3, 0.4) is 0 Å². The SMILES string of the molecule is CC1CN(C(=O)COC(=O)c2ccccc2NCc2ccco2)CC(C)O1. The summed E-state index contributed by atoms with van der Waals surface area (Å²) in [5.74, 6) is -0.00414. The minimum absolute atomic E-state index is 0.0278. The topological polar surface area (TPSA) is 81.0 Å². The Morgan fingerprint density at radius 2 is 1.89 bits per heavy atom. The summed E-state index contributed by atoms with van der Waals surface area (Å²) in [6.07, 6.45) is 1.54. The molecule has 1 fully saturated rings. The fraction of sp³-hybridized carbons (Fsp3) is 0.400. The first-order chi connectivity index (χ1) is 13.0. The number of esters is 1. The third-order valence-electron chi connectivity index (χ3n) is 4.28. The summed E-state index contributed by atoms with van der Waals surface area (Å²) in [7, 11) is 0. The molecule has 1 aromatic carbocycles. The van der Waals surface area contributed by atoms with Crippen LogP contribution in [0.25, 0.3) is 0 Å². The Balaban J connectivity index is 1.57. The van der Waals surface area contributed by atoms with Crippen LogP contribution in [-0.4, -0.2) is 48.7 Å². The third-order valence-corrected chi connectivity index (χ3v) is 4.28. The van der Waals surface area contributed by atoms with Crippen molar-refractivity contribution in [1.82, 2.24) is 4.90 Å². The van der Waals surface area contributed by atoms with E-state index < -0.39 is 5.97 Å². The zero-order valence-corrected chi connectivity index (χ0v) is 15.5. The molecule has 1 aromatic heterocycles. The highest BCUT2D eigenvalue weighted by Crippen LogP contribution is 2.18. The molecule has 1 amide bonds. The van der Waals surface area contributed by atoms with Crippen LogP contribution in [0, 0.1) is 0 Å². The van der Waals surface area contributed by atoms with Crippen molar-refractivity contribution in [3.63, 3.8) is 0 Å². The Morgan fingerprint density at radius 1 is 1.15 bits per heavy atom. The van der Waals surface area contributed by atoms with Crippen LogP contribution in [0.2, 0.25) is 0 Å². The molecular formula is C20H24N2O5. The van der Waals surface area contributed by atoms with E-state index in [4.69, 9.17) is 13.9 Å². The third kappa shape index (κ3) is 5.10. The largest absolute Gasteiger partial charge is 0.467 e. The average Bonchev–Trinajstić information content (AvgIpc) is 3.17. The number of para-hydroxylation sites is 1. The second-order valence-corrected chi connectivity index (χ2v) is 6.61. The Morgan fingerprint density at radius 3 is 2.59 bits per heavy atom. The molecule has 1 saturated heterocycles. The molecule has 0 saturated carbocycles. The number of nitrogens with zero attached hydrogens (tertiary/aromatic N) is 1. The molecule has 1 aliphatic rings. The number of hydrogen-bond acceptors (Lipinski definition) is 6. The summed E-state index contributed by atoms with van der Waals surface area (Å²) in [5, 5.41) is 3.15. The molecule has 0 spiro atoms. The van der Waals surface area contributed by atoms with E-state index in [0.717, 1.165) is 5.76 Å². The number of anilines is 1. The first-order valence-electron chi connectivity index (χ1n) is 8.98. The second kappa shape index (κ2) is 8.73. The first-order valence-corrected chi connectivity index (χ1v) is 8.98. The minimum Gasteiger partial charge on any atom is -0.467 e. The molecule has 0 radical (unpaired) electrons. The van der Waals surface area contributed by atoms with Crippen LogP contribution >= 0.6 is 0 Å². The van der Waals surface area contributed by atoms with Gasteiger partial charge >= 0.3 is 5.97 Å². The maximum Gasteiger partial charge on any atom is 0.340 e. The normalized spacial score (nSPS) is 19.6. The van der Waals surface area contributed by atoms with Crippen molar-refractivity contribution in [3.05, 3.63) is 54.0 Å². The molecule has 144 valence electrons. The van der Waals surface area contributed by atoms with E-state index in [9.17, 15) is 9.59 Å². The van der Waals surface area contributed by atoms with Gasteiger partial charge in [-0.3, -0.25) is 4.79 Å². The quantitative estimate of drug-likeness (QED) is 0.785. The van der Waals surface area contributed by atoms with Crippen molar-refractivity contribution in [3.8, 4) is 0 Å². The van der Waals surface area contributed by atoms with E-state index in [-0.39, 0.29) is 24.7 Å². The molecular weight excluding hydrogens is 348 g/mol. The van der Waals surface area contributed by atoms with Gasteiger partial charge in [0, 0.05) is 18.8 Å². The number of carbonyl (C=O) groups is 2. The van der Waals surface area contributed by atoms with Crippen LogP contribution in [-0.2, 0) is 20.8 Å². The van der Waals surface area contributed by atoms with E-state index >= 15 is 0 Å². The molecule has 1 aliphatic heterocycles. The van der Waals surface area contributed by atoms with Crippen LogP contribution in [0.1, 0.15) is 30.0 Å². The highest BCUT2D eigenvalue weighted by atomic mass is 16.5. The molecule has 7 heteroatoms. The highest BCUT2D eigenvalue weighted by molar-refractivity contribution is 5.96. The summed E-state index contributed by atoms with van der Waals surface area (Å²) >= 11 is 0. The lowest BCUT2D eigenvalue weighted by Gasteiger charge is -2.35. The number of hydrogen-bond donors (Lipinski definition) is 1. The van der Waals surface area contributed by atoms with Crippen molar-refractivity contribution >= 4 is 17.6 Å². The number of amides is 1. The Hall–Kier alpha value is -2.80. The summed E-state index contributed by atoms with van der Waals surface area (Å²) in [4.78, 5) is 26.5. The average molecular weight is 372 g/mol. The predicted molar refractivity (Wildman–Crippen MR) is 99.3 cm³/mol. The summed E-state index contributed by atoms with van der Waals surface area (Å²) in [6, 6.07) is 10.7. The zero-order valence-electron chi connectivity index (χ0n) is 15.5. The molecule has 7 nitrogen and oxygen atoms in total. The zero-order chi connectivity index (χ0) is 19.2. The number of furan rings is 1. The van der Waals surface area contributed by atoms with Gasteiger partial charge in [-0.25, -0.2) is 4.79 Å². The molecule has 2 atom stereocenters. The van der Waals surface area contributed by atoms with Gasteiger partial charge in [0.25, 0.3) is 5.91 Å². The van der Waals surface area contributed by atoms with Crippen molar-refractivity contribution in [2.75, 3.05) is 25.0 Å². The van der Waals surface area contributed by atoms with Crippen LogP contribution in [0.15, 0.2) is 47.1 Å². The predicted octanol–water partition coefficient (Wildman–Crippen LogP) is 2.68. The van der Waals surface area contributed by atoms with Gasteiger partial charge in [-0.2, -0.15) is 0 Å². The fourth-order valence-electron chi connectivity index (χ4n) is 3.09. The molecule has 0 bridgehead atoms. The Kier molecular flexibility index (Phi) is 6.13. The Labute approximate surface area is 158 Å². The highest BCUT2D eigenvalue weighted by Gasteiger charge is 2.26. The van der Waals surface area contributed by atoms with Crippen LogP contribution in [0.4, 0.5) is 5.69 Å². The standard InChI is InChI=1S/C20H24N2O5/c1-14-11-22(12-15(2)27-14)19(23)13-26-20(24)17-7-3-4-8-18(17)21-10-16-6-5-9-25-16/h3-9,14-15,21H,10-13H2,1-2H3. The Bertz CT molecular complexity index is 764. The smallest absolute Gasteiger partial charge is 0.340 e. The number of ether oxygens (including phenoxy) is 2. The van der Waals surface area contributed by atoms with E-state index in [1.165, 1.54) is 0 Å². The van der Waals surface area contributed by atoms with Gasteiger partial charge in [-0.05, 0) is 38.1 Å². The minimum atomic E-state index is -0.541. The maximum atomic E-state index is 12.5. The maximum absolute atomic E-state index is 12.5. The summed E-state index contributed by atoms with van der Waals surface area (Å²) in [5.41, 5.74) is 1.00. The molecule has 27 heavy (non-hydrogen) atoms. The molecule has 3 rings (SSSR count). The van der Waals surface area contributed by atoms with Crippen molar-refractivity contribution in [1.29, 1.82) is 0 Å². The molecule has 2 heterocycles. The van der Waals surface area contributed by atoms with Crippen molar-refractivity contribution < 1.29 is 23.5 Å². The van der Waals surface area contributed by atoms with Gasteiger partial charge in [0.1, 0.15) is 5.76 Å². The number of carbonyl (C=O) groups excluding carboxylic acids is 2. The lowest BCUT2D eigenvalue weighted by atomic mass is 10.2. The van der Waals surface area contributed by atoms with Crippen molar-refractivity contribution in [2.24, 2.45) is 0 Å². The molecule has 1 N–H and O–H groups in total. The number of morpholine rings is 1. The van der Waals surface area contributed by atoms with Gasteiger partial charge < -0.3 is 24.1 Å². The van der Waals surface area contributed by atoms with E-state index in [1.54, 1.807) is 35.4 Å². The lowest BCUT2D eigenvalue weighted by Crippen LogP contribution is -2.49. The summed E-state index contributed by atoms with van der Waals surface area (Å²) in [6.45, 7) is 5.00. The summed E-state index contributed by atoms with van der Waals surface area (Å²) < 4.78 is 16.2. The van der Waals surface area contributed by atoms with Crippen LogP contribution < -0.4 is 5.32 Å². The monoisotopic (exact) mass is 372 g/mol. The van der Waals surface area contributed by atoms with Gasteiger partial charge in [-0.1, -0.05) is 12.1 Å². The fourth-order valence-corrected chi connectivity index (χ4v) is 3.09.